The van der Waals surface area contributed by atoms with Crippen molar-refractivity contribution in [2.45, 2.75) is 56.7 Å². The molecule has 2 saturated heterocycles. The van der Waals surface area contributed by atoms with E-state index >= 15 is 0 Å². The van der Waals surface area contributed by atoms with Crippen molar-refractivity contribution in [1.29, 1.82) is 0 Å². The maximum absolute atomic E-state index is 13.9. The summed E-state index contributed by atoms with van der Waals surface area (Å²) < 4.78 is 33.1. The summed E-state index contributed by atoms with van der Waals surface area (Å²) in [5.74, 6) is -3.04. The molecule has 0 saturated carbocycles. The predicted octanol–water partition coefficient (Wildman–Crippen LogP) is 3.98. The zero-order valence-electron chi connectivity index (χ0n) is 21.1. The standard InChI is InChI=1S/C27H28F2N4O5/c1-3-18-6-9-22(16-4-8-20(28)21(29)13-16)33(18)23(34)14-32-24(35)27(38-26(32)37)11-10-15-12-17(5-7-19(15)27)31-25(36)30-2/h4-5,7-8,12-13,18,22H,3,6,9-11,14H2,1-2H3,(H2,30,31,36)/t18-,22-,27?/m0/s1. The van der Waals surface area contributed by atoms with Crippen molar-refractivity contribution in [3.8, 4) is 0 Å². The average molecular weight is 527 g/mol. The molecule has 0 aromatic heterocycles. The molecule has 2 heterocycles. The van der Waals surface area contributed by atoms with Gasteiger partial charge in [0.2, 0.25) is 11.5 Å². The molecule has 2 aliphatic heterocycles. The molecular weight excluding hydrogens is 498 g/mol. The van der Waals surface area contributed by atoms with Gasteiger partial charge in [-0.15, -0.1) is 0 Å². The highest BCUT2D eigenvalue weighted by Crippen LogP contribution is 2.46. The van der Waals surface area contributed by atoms with Gasteiger partial charge in [-0.05, 0) is 61.1 Å². The molecule has 2 N–H and O–H groups in total. The van der Waals surface area contributed by atoms with Crippen LogP contribution in [-0.2, 0) is 26.3 Å². The molecule has 200 valence electrons. The van der Waals surface area contributed by atoms with E-state index in [1.54, 1.807) is 23.1 Å². The summed E-state index contributed by atoms with van der Waals surface area (Å²) in [5, 5.41) is 5.14. The maximum atomic E-state index is 13.9. The Morgan fingerprint density at radius 2 is 1.89 bits per heavy atom. The Hall–Kier alpha value is -4.02. The quantitative estimate of drug-likeness (QED) is 0.613. The lowest BCUT2D eigenvalue weighted by molar-refractivity contribution is -0.143. The van der Waals surface area contributed by atoms with E-state index in [2.05, 4.69) is 10.6 Å². The van der Waals surface area contributed by atoms with Gasteiger partial charge in [0.25, 0.3) is 5.91 Å². The zero-order valence-corrected chi connectivity index (χ0v) is 21.1. The van der Waals surface area contributed by atoms with Gasteiger partial charge in [0, 0.05) is 30.8 Å². The Labute approximate surface area is 218 Å². The van der Waals surface area contributed by atoms with Crippen molar-refractivity contribution in [2.75, 3.05) is 18.9 Å². The number of fused-ring (bicyclic) bond motifs is 2. The molecule has 1 unspecified atom stereocenters. The highest BCUT2D eigenvalue weighted by Gasteiger charge is 2.58. The van der Waals surface area contributed by atoms with Gasteiger partial charge in [-0.3, -0.25) is 9.59 Å². The van der Waals surface area contributed by atoms with E-state index in [1.165, 1.54) is 13.1 Å². The summed E-state index contributed by atoms with van der Waals surface area (Å²) in [5.41, 5.74) is 0.767. The fourth-order valence-corrected chi connectivity index (χ4v) is 5.85. The molecule has 3 aliphatic rings. The van der Waals surface area contributed by atoms with E-state index in [9.17, 15) is 28.0 Å². The molecule has 0 radical (unpaired) electrons. The Morgan fingerprint density at radius 3 is 2.61 bits per heavy atom. The van der Waals surface area contributed by atoms with Crippen LogP contribution in [0.4, 0.5) is 24.1 Å². The van der Waals surface area contributed by atoms with E-state index in [4.69, 9.17) is 4.74 Å². The van der Waals surface area contributed by atoms with Gasteiger partial charge in [-0.2, -0.15) is 0 Å². The van der Waals surface area contributed by atoms with Crippen LogP contribution in [-0.4, -0.2) is 53.4 Å². The lowest BCUT2D eigenvalue weighted by atomic mass is 9.94. The number of rotatable bonds is 5. The third-order valence-corrected chi connectivity index (χ3v) is 7.73. The number of benzene rings is 2. The smallest absolute Gasteiger partial charge is 0.418 e. The van der Waals surface area contributed by atoms with E-state index in [-0.39, 0.29) is 18.5 Å². The Balaban J connectivity index is 1.37. The summed E-state index contributed by atoms with van der Waals surface area (Å²) in [6.07, 6.45) is 1.61. The highest BCUT2D eigenvalue weighted by atomic mass is 19.2. The van der Waals surface area contributed by atoms with Crippen LogP contribution < -0.4 is 10.6 Å². The van der Waals surface area contributed by atoms with E-state index < -0.39 is 47.7 Å². The molecule has 38 heavy (non-hydrogen) atoms. The number of halogens is 2. The number of nitrogens with zero attached hydrogens (tertiary/aromatic N) is 2. The molecule has 9 nitrogen and oxygen atoms in total. The van der Waals surface area contributed by atoms with E-state index in [1.807, 2.05) is 6.92 Å². The molecule has 2 aromatic carbocycles. The van der Waals surface area contributed by atoms with E-state index in [0.717, 1.165) is 22.6 Å². The van der Waals surface area contributed by atoms with Crippen LogP contribution in [0.5, 0.6) is 0 Å². The SMILES string of the molecule is CC[C@H]1CC[C@@H](c2ccc(F)c(F)c2)N1C(=O)CN1C(=O)OC2(CCc3cc(NC(=O)NC)ccc32)C1=O. The van der Waals surface area contributed by atoms with Crippen molar-refractivity contribution < 1.29 is 32.7 Å². The zero-order chi connectivity index (χ0) is 27.2. The molecule has 1 spiro atoms. The normalized spacial score (nSPS) is 24.1. The molecule has 2 fully saturated rings. The van der Waals surface area contributed by atoms with Crippen LogP contribution in [0.1, 0.15) is 55.3 Å². The number of urea groups is 1. The summed E-state index contributed by atoms with van der Waals surface area (Å²) in [6.45, 7) is 1.41. The first-order chi connectivity index (χ1) is 18.2. The van der Waals surface area contributed by atoms with Gasteiger partial charge in [-0.25, -0.2) is 23.3 Å². The number of aryl methyl sites for hydroxylation is 1. The summed E-state index contributed by atoms with van der Waals surface area (Å²) in [4.78, 5) is 54.1. The van der Waals surface area contributed by atoms with Crippen molar-refractivity contribution in [2.24, 2.45) is 0 Å². The molecule has 3 atom stereocenters. The fraction of sp³-hybridized carbons (Fsp3) is 0.407. The number of amides is 5. The topological polar surface area (TPSA) is 108 Å². The summed E-state index contributed by atoms with van der Waals surface area (Å²) in [6, 6.07) is 7.53. The van der Waals surface area contributed by atoms with Gasteiger partial charge in [0.1, 0.15) is 6.54 Å². The Bertz CT molecular complexity index is 1330. The van der Waals surface area contributed by atoms with Crippen LogP contribution >= 0.6 is 0 Å². The Morgan fingerprint density at radius 1 is 1.11 bits per heavy atom. The third kappa shape index (κ3) is 4.15. The number of likely N-dealkylation sites (tertiary alicyclic amines) is 1. The average Bonchev–Trinajstić information content (AvgIpc) is 3.56. The van der Waals surface area contributed by atoms with Crippen molar-refractivity contribution in [3.63, 3.8) is 0 Å². The highest BCUT2D eigenvalue weighted by molar-refractivity contribution is 6.06. The van der Waals surface area contributed by atoms with Crippen molar-refractivity contribution in [3.05, 3.63) is 64.7 Å². The second-order valence-electron chi connectivity index (χ2n) is 9.79. The maximum Gasteiger partial charge on any atom is 0.418 e. The number of carbonyl (C=O) groups excluding carboxylic acids is 4. The number of hydrogen-bond acceptors (Lipinski definition) is 5. The van der Waals surface area contributed by atoms with Crippen molar-refractivity contribution >= 4 is 29.6 Å². The minimum Gasteiger partial charge on any atom is -0.427 e. The molecule has 11 heteroatoms. The number of hydrogen-bond donors (Lipinski definition) is 2. The van der Waals surface area contributed by atoms with Gasteiger partial charge in [0.15, 0.2) is 11.6 Å². The molecule has 5 amide bonds. The van der Waals surface area contributed by atoms with Crippen LogP contribution in [0.2, 0.25) is 0 Å². The van der Waals surface area contributed by atoms with Gasteiger partial charge < -0.3 is 20.3 Å². The Kier molecular flexibility index (Phi) is 6.54. The largest absolute Gasteiger partial charge is 0.427 e. The van der Waals surface area contributed by atoms with Gasteiger partial charge >= 0.3 is 12.1 Å². The molecule has 2 aromatic rings. The molecule has 0 bridgehead atoms. The number of ether oxygens (including phenoxy) is 1. The lowest BCUT2D eigenvalue weighted by Gasteiger charge is -2.31. The number of imide groups is 1. The fourth-order valence-electron chi connectivity index (χ4n) is 5.85. The van der Waals surface area contributed by atoms with Crippen LogP contribution in [0.25, 0.3) is 0 Å². The number of anilines is 1. The summed E-state index contributed by atoms with van der Waals surface area (Å²) >= 11 is 0. The monoisotopic (exact) mass is 526 g/mol. The second-order valence-corrected chi connectivity index (χ2v) is 9.79. The minimum atomic E-state index is -1.52. The lowest BCUT2D eigenvalue weighted by Crippen LogP contribution is -2.46. The predicted molar refractivity (Wildman–Crippen MR) is 132 cm³/mol. The van der Waals surface area contributed by atoms with Crippen LogP contribution in [0.3, 0.4) is 0 Å². The van der Waals surface area contributed by atoms with Gasteiger partial charge in [0.05, 0.1) is 6.04 Å². The third-order valence-electron chi connectivity index (χ3n) is 7.73. The number of nitrogens with one attached hydrogen (secondary N) is 2. The first-order valence-corrected chi connectivity index (χ1v) is 12.6. The molecule has 1 aliphatic carbocycles. The van der Waals surface area contributed by atoms with Crippen molar-refractivity contribution in [1.82, 2.24) is 15.1 Å². The number of carbonyl (C=O) groups is 4. The molecular formula is C27H28F2N4O5. The first kappa shape index (κ1) is 25.6. The summed E-state index contributed by atoms with van der Waals surface area (Å²) in [7, 11) is 1.50. The van der Waals surface area contributed by atoms with Gasteiger partial charge in [-0.1, -0.05) is 19.1 Å². The van der Waals surface area contributed by atoms with E-state index in [0.29, 0.717) is 42.5 Å². The molecule has 5 rings (SSSR count). The van der Waals surface area contributed by atoms with Crippen LogP contribution in [0.15, 0.2) is 36.4 Å². The van der Waals surface area contributed by atoms with Crippen LogP contribution in [0, 0.1) is 11.6 Å². The second kappa shape index (κ2) is 9.70. The first-order valence-electron chi connectivity index (χ1n) is 12.6. The minimum absolute atomic E-state index is 0.165.